The van der Waals surface area contributed by atoms with E-state index in [0.29, 0.717) is 56.0 Å². The van der Waals surface area contributed by atoms with E-state index < -0.39 is 5.97 Å². The average Bonchev–Trinajstić information content (AvgIpc) is 2.96. The van der Waals surface area contributed by atoms with Gasteiger partial charge in [-0.05, 0) is 74.0 Å². The van der Waals surface area contributed by atoms with Gasteiger partial charge >= 0.3 is 5.97 Å². The maximum absolute atomic E-state index is 12.6. The van der Waals surface area contributed by atoms with Gasteiger partial charge in [-0.2, -0.15) is 0 Å². The van der Waals surface area contributed by atoms with Crippen molar-refractivity contribution in [2.75, 3.05) is 13.2 Å². The van der Waals surface area contributed by atoms with Crippen LogP contribution >= 0.6 is 12.4 Å². The van der Waals surface area contributed by atoms with E-state index in [-0.39, 0.29) is 35.1 Å². The quantitative estimate of drug-likeness (QED) is 0.527. The van der Waals surface area contributed by atoms with Gasteiger partial charge in [0, 0.05) is 18.4 Å². The lowest BCUT2D eigenvalue weighted by Crippen LogP contribution is -2.57. The first kappa shape index (κ1) is 22.5. The highest BCUT2D eigenvalue weighted by atomic mass is 35.5. The number of fused-ring (bicyclic) bond motifs is 5. The number of carboxylic acids is 1. The minimum absolute atomic E-state index is 0. The van der Waals surface area contributed by atoms with Gasteiger partial charge in [0.1, 0.15) is 12.4 Å². The highest BCUT2D eigenvalue weighted by Crippen LogP contribution is 2.66. The fourth-order valence-corrected chi connectivity index (χ4v) is 7.46. The highest BCUT2D eigenvalue weighted by molar-refractivity contribution is 5.88. The van der Waals surface area contributed by atoms with Gasteiger partial charge in [0.05, 0.1) is 11.6 Å². The van der Waals surface area contributed by atoms with Crippen molar-refractivity contribution in [1.82, 2.24) is 0 Å². The van der Waals surface area contributed by atoms with Crippen molar-refractivity contribution in [3.63, 3.8) is 0 Å². The number of hydrogen-bond acceptors (Lipinski definition) is 5. The molecule has 164 valence electrons. The Hall–Kier alpha value is -1.14. The topological polar surface area (TPSA) is 102 Å². The summed E-state index contributed by atoms with van der Waals surface area (Å²) in [5.41, 5.74) is 6.25. The number of aliphatic carboxylic acids is 1. The Morgan fingerprint density at radius 2 is 1.97 bits per heavy atom. The van der Waals surface area contributed by atoms with Gasteiger partial charge in [0.25, 0.3) is 0 Å². The zero-order chi connectivity index (χ0) is 20.1. The Balaban J connectivity index is 0.00000240. The molecule has 4 rings (SSSR count). The first-order valence-electron chi connectivity index (χ1n) is 10.9. The summed E-state index contributed by atoms with van der Waals surface area (Å²) in [6, 6.07) is 0. The number of hydrogen-bond donors (Lipinski definition) is 2. The zero-order valence-electron chi connectivity index (χ0n) is 17.6. The first-order chi connectivity index (χ1) is 13.3. The van der Waals surface area contributed by atoms with Gasteiger partial charge in [-0.25, -0.2) is 0 Å². The fourth-order valence-electron chi connectivity index (χ4n) is 7.46. The molecule has 0 amide bonds. The SMILES string of the molecule is C[C@]12CC/C(=N/OCCN)CC1[C@@H](C(=O)O)C[C@@H]1[C@@H]2CC[C@]2(C)C(=O)CC[C@@H]12.Cl. The molecule has 0 aromatic heterocycles. The van der Waals surface area contributed by atoms with E-state index in [1.807, 2.05) is 0 Å². The van der Waals surface area contributed by atoms with Gasteiger partial charge in [-0.3, -0.25) is 9.59 Å². The molecule has 1 unspecified atom stereocenters. The van der Waals surface area contributed by atoms with Crippen LogP contribution in [0.4, 0.5) is 0 Å². The lowest BCUT2D eigenvalue weighted by Gasteiger charge is -2.61. The van der Waals surface area contributed by atoms with Crippen molar-refractivity contribution < 1.29 is 19.5 Å². The molecule has 4 saturated carbocycles. The van der Waals surface area contributed by atoms with Crippen molar-refractivity contribution in [3.05, 3.63) is 0 Å². The molecule has 7 atom stereocenters. The van der Waals surface area contributed by atoms with E-state index in [1.165, 1.54) is 0 Å². The van der Waals surface area contributed by atoms with Crippen molar-refractivity contribution >= 4 is 29.9 Å². The molecule has 0 aromatic carbocycles. The van der Waals surface area contributed by atoms with Gasteiger partial charge < -0.3 is 15.7 Å². The predicted octanol–water partition coefficient (Wildman–Crippen LogP) is 3.66. The number of Topliss-reactive ketones (excluding diaryl/α,β-unsaturated/α-hetero) is 1. The molecule has 7 heteroatoms. The molecule has 0 aromatic rings. The van der Waals surface area contributed by atoms with Crippen LogP contribution in [-0.2, 0) is 14.4 Å². The lowest BCUT2D eigenvalue weighted by atomic mass is 9.43. The van der Waals surface area contributed by atoms with Gasteiger partial charge in [-0.15, -0.1) is 12.4 Å². The van der Waals surface area contributed by atoms with Crippen LogP contribution in [0, 0.1) is 40.4 Å². The van der Waals surface area contributed by atoms with Crippen LogP contribution in [0.2, 0.25) is 0 Å². The van der Waals surface area contributed by atoms with E-state index >= 15 is 0 Å². The maximum Gasteiger partial charge on any atom is 0.306 e. The molecule has 29 heavy (non-hydrogen) atoms. The van der Waals surface area contributed by atoms with Crippen LogP contribution in [0.5, 0.6) is 0 Å². The van der Waals surface area contributed by atoms with Crippen molar-refractivity contribution in [1.29, 1.82) is 0 Å². The Labute approximate surface area is 179 Å². The van der Waals surface area contributed by atoms with Crippen molar-refractivity contribution in [2.45, 2.75) is 65.2 Å². The molecule has 4 aliphatic carbocycles. The zero-order valence-corrected chi connectivity index (χ0v) is 18.4. The third kappa shape index (κ3) is 3.50. The van der Waals surface area contributed by atoms with E-state index in [1.54, 1.807) is 0 Å². The number of oxime groups is 1. The minimum atomic E-state index is -0.685. The number of nitrogens with two attached hydrogens (primary N) is 1. The van der Waals surface area contributed by atoms with Crippen LogP contribution in [0.3, 0.4) is 0 Å². The highest BCUT2D eigenvalue weighted by Gasteiger charge is 2.63. The van der Waals surface area contributed by atoms with Crippen molar-refractivity contribution in [2.24, 2.45) is 51.3 Å². The molecule has 0 aliphatic heterocycles. The summed E-state index contributed by atoms with van der Waals surface area (Å²) < 4.78 is 0. The number of carboxylic acid groups (broad SMARTS) is 1. The third-order valence-corrected chi connectivity index (χ3v) is 8.98. The molecular formula is C22H35ClN2O4. The Bertz CT molecular complexity index is 698. The smallest absolute Gasteiger partial charge is 0.306 e. The standard InChI is InChI=1S/C22H34N2O4.ClH/c1-21-7-5-13(24-28-10-9-23)11-18(21)15(20(26)27)12-14-16-3-4-19(25)22(16,2)8-6-17(14)21;/h14-18H,3-12,23H2,1-2H3,(H,26,27);1H/b24-13-;/t14-,15-,16-,17-,18?,21+,22-;/m0./s1. The Kier molecular flexibility index (Phi) is 6.36. The van der Waals surface area contributed by atoms with Gasteiger partial charge in [-0.1, -0.05) is 19.0 Å². The Morgan fingerprint density at radius 1 is 1.21 bits per heavy atom. The largest absolute Gasteiger partial charge is 0.481 e. The normalized spacial score (nSPS) is 45.0. The number of halogens is 1. The number of carbonyl (C=O) groups excluding carboxylic acids is 1. The summed E-state index contributed by atoms with van der Waals surface area (Å²) in [5, 5.41) is 14.4. The summed E-state index contributed by atoms with van der Waals surface area (Å²) in [6.45, 7) is 5.29. The van der Waals surface area contributed by atoms with Crippen LogP contribution < -0.4 is 5.73 Å². The van der Waals surface area contributed by atoms with E-state index in [4.69, 9.17) is 10.6 Å². The minimum Gasteiger partial charge on any atom is -0.481 e. The van der Waals surface area contributed by atoms with E-state index in [0.717, 1.165) is 37.8 Å². The van der Waals surface area contributed by atoms with Crippen LogP contribution in [-0.4, -0.2) is 35.7 Å². The van der Waals surface area contributed by atoms with Gasteiger partial charge in [0.2, 0.25) is 0 Å². The molecule has 0 saturated heterocycles. The number of carbonyl (C=O) groups is 2. The summed E-state index contributed by atoms with van der Waals surface area (Å²) in [7, 11) is 0. The van der Waals surface area contributed by atoms with Gasteiger partial charge in [0.15, 0.2) is 0 Å². The second-order valence-electron chi connectivity index (χ2n) is 10.1. The van der Waals surface area contributed by atoms with Crippen LogP contribution in [0.1, 0.15) is 65.2 Å². The first-order valence-corrected chi connectivity index (χ1v) is 10.9. The summed E-state index contributed by atoms with van der Waals surface area (Å²) in [4.78, 5) is 30.2. The molecule has 4 aliphatic rings. The van der Waals surface area contributed by atoms with E-state index in [2.05, 4.69) is 19.0 Å². The number of nitrogens with zero attached hydrogens (tertiary/aromatic N) is 1. The molecule has 6 nitrogen and oxygen atoms in total. The monoisotopic (exact) mass is 426 g/mol. The van der Waals surface area contributed by atoms with Crippen LogP contribution in [0.25, 0.3) is 0 Å². The second kappa shape index (κ2) is 8.18. The maximum atomic E-state index is 12.6. The molecule has 3 N–H and O–H groups in total. The third-order valence-electron chi connectivity index (χ3n) is 8.98. The molecule has 0 radical (unpaired) electrons. The van der Waals surface area contributed by atoms with Crippen LogP contribution in [0.15, 0.2) is 5.16 Å². The summed E-state index contributed by atoms with van der Waals surface area (Å²) in [6.07, 6.45) is 6.91. The molecule has 0 heterocycles. The number of ketones is 1. The molecule has 4 fully saturated rings. The number of rotatable bonds is 4. The summed E-state index contributed by atoms with van der Waals surface area (Å²) >= 11 is 0. The summed E-state index contributed by atoms with van der Waals surface area (Å²) in [5.74, 6) is 0.705. The molecule has 0 bridgehead atoms. The molecular weight excluding hydrogens is 392 g/mol. The second-order valence-corrected chi connectivity index (χ2v) is 10.1. The average molecular weight is 427 g/mol. The Morgan fingerprint density at radius 3 is 2.66 bits per heavy atom. The molecule has 0 spiro atoms. The van der Waals surface area contributed by atoms with Crippen molar-refractivity contribution in [3.8, 4) is 0 Å². The fraction of sp³-hybridized carbons (Fsp3) is 0.864. The lowest BCUT2D eigenvalue weighted by molar-refractivity contribution is -0.164. The predicted molar refractivity (Wildman–Crippen MR) is 113 cm³/mol. The van der Waals surface area contributed by atoms with E-state index in [9.17, 15) is 14.7 Å².